The van der Waals surface area contributed by atoms with Crippen molar-refractivity contribution in [2.24, 2.45) is 0 Å². The molecule has 134 valence electrons. The molecular weight excluding hydrogens is 357 g/mol. The standard InChI is InChI=1S/C22H18FN3S/c1-16-8-7-11-18(14-16)26-21(19-12-5-6-13-20(19)23)24-25-22(26)27-15-17-9-3-2-4-10-17/h2-14H,15H2,1H3. The van der Waals surface area contributed by atoms with E-state index >= 15 is 0 Å². The number of hydrogen-bond donors (Lipinski definition) is 0. The molecule has 0 fully saturated rings. The first-order valence-electron chi connectivity index (χ1n) is 8.66. The van der Waals surface area contributed by atoms with Gasteiger partial charge in [0.15, 0.2) is 11.0 Å². The zero-order valence-electron chi connectivity index (χ0n) is 14.8. The molecule has 3 aromatic carbocycles. The second-order valence-corrected chi connectivity index (χ2v) is 7.18. The fourth-order valence-electron chi connectivity index (χ4n) is 2.90. The van der Waals surface area contributed by atoms with Crippen molar-refractivity contribution < 1.29 is 4.39 Å². The summed E-state index contributed by atoms with van der Waals surface area (Å²) in [6, 6.07) is 24.9. The molecule has 0 atom stereocenters. The molecule has 0 N–H and O–H groups in total. The number of rotatable bonds is 5. The molecule has 4 rings (SSSR count). The number of aryl methyl sites for hydroxylation is 1. The maximum Gasteiger partial charge on any atom is 0.196 e. The Balaban J connectivity index is 1.79. The minimum absolute atomic E-state index is 0.307. The largest absolute Gasteiger partial charge is 0.270 e. The Morgan fingerprint density at radius 2 is 1.67 bits per heavy atom. The average Bonchev–Trinajstić information content (AvgIpc) is 3.11. The van der Waals surface area contributed by atoms with Crippen LogP contribution < -0.4 is 0 Å². The van der Waals surface area contributed by atoms with Crippen molar-refractivity contribution in [3.63, 3.8) is 0 Å². The Labute approximate surface area is 161 Å². The van der Waals surface area contributed by atoms with Gasteiger partial charge in [0.1, 0.15) is 5.82 Å². The van der Waals surface area contributed by atoms with Crippen molar-refractivity contribution in [2.75, 3.05) is 0 Å². The lowest BCUT2D eigenvalue weighted by molar-refractivity contribution is 0.629. The Morgan fingerprint density at radius 3 is 2.44 bits per heavy atom. The van der Waals surface area contributed by atoms with Gasteiger partial charge in [0.25, 0.3) is 0 Å². The SMILES string of the molecule is Cc1cccc(-n2c(SCc3ccccc3)nnc2-c2ccccc2F)c1. The van der Waals surface area contributed by atoms with E-state index in [9.17, 15) is 4.39 Å². The number of hydrogen-bond acceptors (Lipinski definition) is 3. The molecule has 0 radical (unpaired) electrons. The van der Waals surface area contributed by atoms with Gasteiger partial charge in [-0.3, -0.25) is 4.57 Å². The molecule has 1 aromatic heterocycles. The van der Waals surface area contributed by atoms with Crippen LogP contribution in [-0.4, -0.2) is 14.8 Å². The zero-order valence-corrected chi connectivity index (χ0v) is 15.7. The number of halogens is 1. The van der Waals surface area contributed by atoms with Crippen LogP contribution in [0.3, 0.4) is 0 Å². The van der Waals surface area contributed by atoms with Crippen LogP contribution in [0.2, 0.25) is 0 Å². The van der Waals surface area contributed by atoms with Gasteiger partial charge in [-0.05, 0) is 42.3 Å². The summed E-state index contributed by atoms with van der Waals surface area (Å²) in [4.78, 5) is 0. The number of thioether (sulfide) groups is 1. The summed E-state index contributed by atoms with van der Waals surface area (Å²) in [6.45, 7) is 2.04. The van der Waals surface area contributed by atoms with Crippen LogP contribution in [0.4, 0.5) is 4.39 Å². The van der Waals surface area contributed by atoms with Gasteiger partial charge in [-0.2, -0.15) is 0 Å². The first-order valence-corrected chi connectivity index (χ1v) is 9.65. The Morgan fingerprint density at radius 1 is 0.889 bits per heavy atom. The van der Waals surface area contributed by atoms with Crippen LogP contribution in [0.1, 0.15) is 11.1 Å². The van der Waals surface area contributed by atoms with Gasteiger partial charge in [-0.15, -0.1) is 10.2 Å². The lowest BCUT2D eigenvalue weighted by Crippen LogP contribution is -2.01. The first kappa shape index (κ1) is 17.5. The smallest absolute Gasteiger partial charge is 0.196 e. The van der Waals surface area contributed by atoms with E-state index in [4.69, 9.17) is 0 Å². The topological polar surface area (TPSA) is 30.7 Å². The molecule has 0 bridgehead atoms. The van der Waals surface area contributed by atoms with E-state index in [1.807, 2.05) is 54.0 Å². The fourth-order valence-corrected chi connectivity index (χ4v) is 3.81. The van der Waals surface area contributed by atoms with Gasteiger partial charge in [-0.25, -0.2) is 4.39 Å². The van der Waals surface area contributed by atoms with Crippen molar-refractivity contribution in [2.45, 2.75) is 17.8 Å². The summed E-state index contributed by atoms with van der Waals surface area (Å²) in [5.41, 5.74) is 3.69. The predicted octanol–water partition coefficient (Wildman–Crippen LogP) is 5.67. The highest BCUT2D eigenvalue weighted by Crippen LogP contribution is 2.31. The van der Waals surface area contributed by atoms with Crippen LogP contribution in [0.5, 0.6) is 0 Å². The maximum atomic E-state index is 14.4. The van der Waals surface area contributed by atoms with E-state index < -0.39 is 0 Å². The highest BCUT2D eigenvalue weighted by Gasteiger charge is 2.18. The van der Waals surface area contributed by atoms with E-state index in [0.29, 0.717) is 11.4 Å². The third kappa shape index (κ3) is 3.78. The molecule has 0 saturated carbocycles. The summed E-state index contributed by atoms with van der Waals surface area (Å²) in [6.07, 6.45) is 0. The molecule has 0 spiro atoms. The molecular formula is C22H18FN3S. The van der Waals surface area contributed by atoms with Crippen molar-refractivity contribution >= 4 is 11.8 Å². The van der Waals surface area contributed by atoms with E-state index in [1.54, 1.807) is 23.9 Å². The van der Waals surface area contributed by atoms with Crippen molar-refractivity contribution in [3.05, 3.63) is 95.8 Å². The normalized spacial score (nSPS) is 10.9. The molecule has 3 nitrogen and oxygen atoms in total. The van der Waals surface area contributed by atoms with Crippen LogP contribution in [0, 0.1) is 12.7 Å². The van der Waals surface area contributed by atoms with Crippen molar-refractivity contribution in [1.82, 2.24) is 14.8 Å². The predicted molar refractivity (Wildman–Crippen MR) is 107 cm³/mol. The zero-order chi connectivity index (χ0) is 18.6. The molecule has 0 unspecified atom stereocenters. The number of aromatic nitrogens is 3. The summed E-state index contributed by atoms with van der Waals surface area (Å²) in [5, 5.41) is 9.42. The first-order chi connectivity index (χ1) is 13.2. The highest BCUT2D eigenvalue weighted by molar-refractivity contribution is 7.98. The molecule has 4 aromatic rings. The van der Waals surface area contributed by atoms with Crippen molar-refractivity contribution in [3.8, 4) is 17.1 Å². The summed E-state index contributed by atoms with van der Waals surface area (Å²) < 4.78 is 16.4. The van der Waals surface area contributed by atoms with Crippen LogP contribution >= 0.6 is 11.8 Å². The number of nitrogens with zero attached hydrogens (tertiary/aromatic N) is 3. The van der Waals surface area contributed by atoms with E-state index in [0.717, 1.165) is 22.2 Å². The quantitative estimate of drug-likeness (QED) is 0.421. The third-order valence-electron chi connectivity index (χ3n) is 4.22. The van der Waals surface area contributed by atoms with E-state index in [1.165, 1.54) is 11.6 Å². The molecule has 0 amide bonds. The second kappa shape index (κ2) is 7.76. The molecule has 0 aliphatic rings. The molecule has 0 saturated heterocycles. The van der Waals surface area contributed by atoms with Gasteiger partial charge in [0, 0.05) is 11.4 Å². The Hall–Kier alpha value is -2.92. The summed E-state index contributed by atoms with van der Waals surface area (Å²) >= 11 is 1.59. The molecule has 5 heteroatoms. The van der Waals surface area contributed by atoms with Crippen molar-refractivity contribution in [1.29, 1.82) is 0 Å². The lowest BCUT2D eigenvalue weighted by Gasteiger charge is -2.11. The highest BCUT2D eigenvalue weighted by atomic mass is 32.2. The van der Waals surface area contributed by atoms with Gasteiger partial charge in [0.05, 0.1) is 5.56 Å². The van der Waals surface area contributed by atoms with Crippen LogP contribution in [-0.2, 0) is 5.75 Å². The Kier molecular flexibility index (Phi) is 5.03. The van der Waals surface area contributed by atoms with Crippen LogP contribution in [0.15, 0.2) is 84.0 Å². The minimum Gasteiger partial charge on any atom is -0.270 e. The van der Waals surface area contributed by atoms with Gasteiger partial charge >= 0.3 is 0 Å². The number of benzene rings is 3. The molecule has 0 aliphatic heterocycles. The van der Waals surface area contributed by atoms with Gasteiger partial charge < -0.3 is 0 Å². The monoisotopic (exact) mass is 375 g/mol. The van der Waals surface area contributed by atoms with E-state index in [-0.39, 0.29) is 5.82 Å². The van der Waals surface area contributed by atoms with Crippen LogP contribution in [0.25, 0.3) is 17.1 Å². The third-order valence-corrected chi connectivity index (χ3v) is 5.22. The fraction of sp³-hybridized carbons (Fsp3) is 0.0909. The Bertz CT molecular complexity index is 1060. The molecule has 1 heterocycles. The van der Waals surface area contributed by atoms with Gasteiger partial charge in [-0.1, -0.05) is 66.4 Å². The summed E-state index contributed by atoms with van der Waals surface area (Å²) in [7, 11) is 0. The second-order valence-electron chi connectivity index (χ2n) is 6.23. The van der Waals surface area contributed by atoms with E-state index in [2.05, 4.69) is 28.4 Å². The molecule has 0 aliphatic carbocycles. The summed E-state index contributed by atoms with van der Waals surface area (Å²) in [5.74, 6) is 0.967. The molecule has 27 heavy (non-hydrogen) atoms. The maximum absolute atomic E-state index is 14.4. The van der Waals surface area contributed by atoms with Gasteiger partial charge in [0.2, 0.25) is 0 Å². The lowest BCUT2D eigenvalue weighted by atomic mass is 10.2. The average molecular weight is 375 g/mol. The minimum atomic E-state index is -0.307.